The van der Waals surface area contributed by atoms with E-state index in [0.29, 0.717) is 5.75 Å². The number of hydrogen-bond acceptors (Lipinski definition) is 2. The van der Waals surface area contributed by atoms with Gasteiger partial charge in [0.25, 0.3) is 0 Å². The van der Waals surface area contributed by atoms with Crippen LogP contribution in [0.15, 0.2) is 35.1 Å². The van der Waals surface area contributed by atoms with Crippen LogP contribution in [0.1, 0.15) is 19.5 Å². The van der Waals surface area contributed by atoms with Gasteiger partial charge in [-0.2, -0.15) is 0 Å². The lowest BCUT2D eigenvalue weighted by atomic mass is 10.3. The van der Waals surface area contributed by atoms with Crippen molar-refractivity contribution < 1.29 is 4.74 Å². The first-order valence-corrected chi connectivity index (χ1v) is 6.03. The fourth-order valence-corrected chi connectivity index (χ4v) is 1.92. The molecule has 0 saturated carbocycles. The summed E-state index contributed by atoms with van der Waals surface area (Å²) in [5, 5.41) is 0. The number of nitrogens with zero attached hydrogens (tertiary/aromatic N) is 2. The first-order chi connectivity index (χ1) is 8.52. The van der Waals surface area contributed by atoms with E-state index in [-0.39, 0.29) is 11.7 Å². The van der Waals surface area contributed by atoms with Crippen molar-refractivity contribution in [2.24, 2.45) is 7.05 Å². The van der Waals surface area contributed by atoms with Crippen LogP contribution in [0.2, 0.25) is 0 Å². The molecule has 0 amide bonds. The smallest absolute Gasteiger partial charge is 0.314 e. The molecule has 4 heteroatoms. The predicted octanol–water partition coefficient (Wildman–Crippen LogP) is 2.27. The van der Waals surface area contributed by atoms with Crippen LogP contribution < -0.4 is 10.3 Å². The lowest BCUT2D eigenvalue weighted by Gasteiger charge is -2.07. The highest BCUT2D eigenvalue weighted by Gasteiger charge is 2.17. The summed E-state index contributed by atoms with van der Waals surface area (Å²) in [6.45, 7) is 5.72. The Hall–Kier alpha value is -1.97. The fraction of sp³-hybridized carbons (Fsp3) is 0.357. The number of rotatable bonds is 3. The Bertz CT molecular complexity index is 594. The molecule has 2 rings (SSSR count). The van der Waals surface area contributed by atoms with Gasteiger partial charge in [0.2, 0.25) is 5.75 Å². The molecule has 0 unspecified atom stereocenters. The third-order valence-corrected chi connectivity index (χ3v) is 2.85. The quantitative estimate of drug-likeness (QED) is 0.833. The predicted molar refractivity (Wildman–Crippen MR) is 71.5 cm³/mol. The SMILES string of the molecule is Cc1c(OC(C)C)c(=O)n(-c2ccccc2)n1C. The maximum atomic E-state index is 12.4. The van der Waals surface area contributed by atoms with Gasteiger partial charge >= 0.3 is 5.56 Å². The number of para-hydroxylation sites is 1. The molecular weight excluding hydrogens is 228 g/mol. The molecule has 0 aliphatic carbocycles. The molecule has 0 atom stereocenters. The summed E-state index contributed by atoms with van der Waals surface area (Å²) < 4.78 is 9.04. The molecule has 18 heavy (non-hydrogen) atoms. The van der Waals surface area contributed by atoms with Crippen LogP contribution in [0.5, 0.6) is 5.75 Å². The molecule has 0 bridgehead atoms. The maximum Gasteiger partial charge on any atom is 0.314 e. The minimum Gasteiger partial charge on any atom is -0.484 e. The summed E-state index contributed by atoms with van der Waals surface area (Å²) in [5.74, 6) is 0.427. The molecule has 96 valence electrons. The number of aromatic nitrogens is 2. The normalized spacial score (nSPS) is 10.9. The van der Waals surface area contributed by atoms with Crippen molar-refractivity contribution >= 4 is 0 Å². The van der Waals surface area contributed by atoms with Gasteiger partial charge in [0.15, 0.2) is 0 Å². The largest absolute Gasteiger partial charge is 0.484 e. The summed E-state index contributed by atoms with van der Waals surface area (Å²) in [6, 6.07) is 9.55. The first-order valence-electron chi connectivity index (χ1n) is 6.03. The van der Waals surface area contributed by atoms with Crippen molar-refractivity contribution in [2.75, 3.05) is 0 Å². The highest BCUT2D eigenvalue weighted by Crippen LogP contribution is 2.16. The molecule has 0 N–H and O–H groups in total. The zero-order valence-corrected chi connectivity index (χ0v) is 11.2. The van der Waals surface area contributed by atoms with Gasteiger partial charge in [0.1, 0.15) is 0 Å². The van der Waals surface area contributed by atoms with Crippen LogP contribution in [0.3, 0.4) is 0 Å². The monoisotopic (exact) mass is 246 g/mol. The second-order valence-corrected chi connectivity index (χ2v) is 4.56. The van der Waals surface area contributed by atoms with E-state index in [1.165, 1.54) is 0 Å². The van der Waals surface area contributed by atoms with E-state index in [4.69, 9.17) is 4.74 Å². The van der Waals surface area contributed by atoms with Crippen molar-refractivity contribution in [1.29, 1.82) is 0 Å². The van der Waals surface area contributed by atoms with E-state index in [1.54, 1.807) is 4.68 Å². The van der Waals surface area contributed by atoms with Gasteiger partial charge in [-0.1, -0.05) is 18.2 Å². The van der Waals surface area contributed by atoms with E-state index < -0.39 is 0 Å². The van der Waals surface area contributed by atoms with Gasteiger partial charge in [-0.05, 0) is 32.9 Å². The van der Waals surface area contributed by atoms with Crippen molar-refractivity contribution in [3.63, 3.8) is 0 Å². The van der Waals surface area contributed by atoms with Crippen LogP contribution in [-0.2, 0) is 7.05 Å². The molecule has 0 spiro atoms. The van der Waals surface area contributed by atoms with E-state index in [2.05, 4.69) is 0 Å². The Kier molecular flexibility index (Phi) is 3.28. The first kappa shape index (κ1) is 12.5. The zero-order chi connectivity index (χ0) is 13.3. The summed E-state index contributed by atoms with van der Waals surface area (Å²) >= 11 is 0. The van der Waals surface area contributed by atoms with Crippen LogP contribution in [0.25, 0.3) is 5.69 Å². The van der Waals surface area contributed by atoms with Crippen LogP contribution in [-0.4, -0.2) is 15.5 Å². The highest BCUT2D eigenvalue weighted by molar-refractivity contribution is 5.35. The molecule has 2 aromatic rings. The average Bonchev–Trinajstić information content (AvgIpc) is 2.54. The number of hydrogen-bond donors (Lipinski definition) is 0. The molecule has 0 radical (unpaired) electrons. The number of ether oxygens (including phenoxy) is 1. The molecule has 0 saturated heterocycles. The van der Waals surface area contributed by atoms with Crippen molar-refractivity contribution in [1.82, 2.24) is 9.36 Å². The topological polar surface area (TPSA) is 36.2 Å². The van der Waals surface area contributed by atoms with Gasteiger partial charge in [-0.15, -0.1) is 0 Å². The molecule has 1 aromatic heterocycles. The zero-order valence-electron chi connectivity index (χ0n) is 11.2. The Morgan fingerprint density at radius 1 is 1.17 bits per heavy atom. The Morgan fingerprint density at radius 3 is 2.33 bits per heavy atom. The molecule has 1 aromatic carbocycles. The van der Waals surface area contributed by atoms with Crippen molar-refractivity contribution in [2.45, 2.75) is 26.9 Å². The lowest BCUT2D eigenvalue weighted by Crippen LogP contribution is -2.21. The van der Waals surface area contributed by atoms with E-state index >= 15 is 0 Å². The molecule has 0 aliphatic heterocycles. The minimum absolute atomic E-state index is 0.0111. The van der Waals surface area contributed by atoms with Gasteiger partial charge < -0.3 is 4.74 Å². The molecule has 0 aliphatic rings. The van der Waals surface area contributed by atoms with Gasteiger partial charge in [0.05, 0.1) is 17.5 Å². The second-order valence-electron chi connectivity index (χ2n) is 4.56. The average molecular weight is 246 g/mol. The Morgan fingerprint density at radius 2 is 1.78 bits per heavy atom. The number of benzene rings is 1. The third kappa shape index (κ3) is 2.06. The van der Waals surface area contributed by atoms with Crippen LogP contribution in [0, 0.1) is 6.92 Å². The standard InChI is InChI=1S/C14H18N2O2/c1-10(2)18-13-11(3)15(4)16(14(13)17)12-8-6-5-7-9-12/h5-10H,1-4H3. The minimum atomic E-state index is -0.116. The maximum absolute atomic E-state index is 12.4. The summed E-state index contributed by atoms with van der Waals surface area (Å²) in [7, 11) is 1.86. The van der Waals surface area contributed by atoms with E-state index in [9.17, 15) is 4.79 Å². The third-order valence-electron chi connectivity index (χ3n) is 2.85. The van der Waals surface area contributed by atoms with Crippen LogP contribution in [0.4, 0.5) is 0 Å². The summed E-state index contributed by atoms with van der Waals surface area (Å²) in [6.07, 6.45) is -0.0111. The molecule has 0 fully saturated rings. The highest BCUT2D eigenvalue weighted by atomic mass is 16.5. The molecule has 4 nitrogen and oxygen atoms in total. The van der Waals surface area contributed by atoms with Crippen LogP contribution >= 0.6 is 0 Å². The molecular formula is C14H18N2O2. The Labute approximate surface area is 106 Å². The Balaban J connectivity index is 2.60. The van der Waals surface area contributed by atoms with Gasteiger partial charge in [-0.25, -0.2) is 4.68 Å². The fourth-order valence-electron chi connectivity index (χ4n) is 1.92. The van der Waals surface area contributed by atoms with E-state index in [1.807, 2.05) is 62.8 Å². The lowest BCUT2D eigenvalue weighted by molar-refractivity contribution is 0.238. The van der Waals surface area contributed by atoms with Crippen molar-refractivity contribution in [3.05, 3.63) is 46.4 Å². The summed E-state index contributed by atoms with van der Waals surface area (Å²) in [5.41, 5.74) is 1.55. The van der Waals surface area contributed by atoms with Gasteiger partial charge in [0, 0.05) is 7.05 Å². The van der Waals surface area contributed by atoms with Gasteiger partial charge in [-0.3, -0.25) is 9.48 Å². The van der Waals surface area contributed by atoms with E-state index in [0.717, 1.165) is 11.4 Å². The second kappa shape index (κ2) is 4.72. The summed E-state index contributed by atoms with van der Waals surface area (Å²) in [4.78, 5) is 12.4. The molecule has 1 heterocycles. The van der Waals surface area contributed by atoms with Crippen molar-refractivity contribution in [3.8, 4) is 11.4 Å².